The third-order valence-electron chi connectivity index (χ3n) is 5.07. The molecule has 0 aromatic carbocycles. The Kier molecular flexibility index (Phi) is 8.77. The van der Waals surface area contributed by atoms with E-state index in [1.807, 2.05) is 25.1 Å². The lowest BCUT2D eigenvalue weighted by atomic mass is 9.93. The fourth-order valence-corrected chi connectivity index (χ4v) is 4.09. The van der Waals surface area contributed by atoms with Crippen molar-refractivity contribution in [1.82, 2.24) is 0 Å². The maximum absolute atomic E-state index is 11.0. The van der Waals surface area contributed by atoms with Gasteiger partial charge in [-0.3, -0.25) is 4.57 Å². The minimum absolute atomic E-state index is 0.185. The van der Waals surface area contributed by atoms with E-state index in [4.69, 9.17) is 24.7 Å². The molecule has 0 spiro atoms. The number of ether oxygens (including phenoxy) is 1. The van der Waals surface area contributed by atoms with Crippen LogP contribution >= 0.6 is 7.60 Å². The molecule has 1 heterocycles. The summed E-state index contributed by atoms with van der Waals surface area (Å²) in [6.07, 6.45) is 13.0. The Morgan fingerprint density at radius 2 is 2.04 bits per heavy atom. The summed E-state index contributed by atoms with van der Waals surface area (Å²) in [6.45, 7) is 2.57. The molecule has 154 valence electrons. The molecule has 7 heteroatoms. The van der Waals surface area contributed by atoms with Crippen molar-refractivity contribution in [1.29, 1.82) is 0 Å². The molecule has 1 atom stereocenters. The summed E-state index contributed by atoms with van der Waals surface area (Å²) in [4.78, 5) is 18.0. The highest BCUT2D eigenvalue weighted by molar-refractivity contribution is 7.51. The van der Waals surface area contributed by atoms with Gasteiger partial charge in [-0.15, -0.1) is 0 Å². The zero-order valence-electron chi connectivity index (χ0n) is 16.3. The van der Waals surface area contributed by atoms with Crippen molar-refractivity contribution in [2.24, 2.45) is 5.73 Å². The molecule has 27 heavy (non-hydrogen) atoms. The Morgan fingerprint density at radius 1 is 1.30 bits per heavy atom. The Morgan fingerprint density at radius 3 is 2.74 bits per heavy atom. The highest BCUT2D eigenvalue weighted by Gasteiger charge is 2.24. The topological polar surface area (TPSA) is 106 Å². The molecule has 6 nitrogen and oxygen atoms in total. The second kappa shape index (κ2) is 10.6. The zero-order chi connectivity index (χ0) is 19.8. The molecule has 4 N–H and O–H groups in total. The molecule has 1 aliphatic rings. The molecular formula is C20H34NO5P. The maximum Gasteiger partial charge on any atom is 0.325 e. The quantitative estimate of drug-likeness (QED) is 0.379. The number of aryl methyl sites for hydroxylation is 1. The highest BCUT2D eigenvalue weighted by Crippen LogP contribution is 2.37. The Hall–Kier alpha value is -0.910. The van der Waals surface area contributed by atoms with Gasteiger partial charge in [0.2, 0.25) is 0 Å². The van der Waals surface area contributed by atoms with Gasteiger partial charge in [-0.1, -0.05) is 25.3 Å². The van der Waals surface area contributed by atoms with Gasteiger partial charge >= 0.3 is 7.60 Å². The third kappa shape index (κ3) is 9.72. The highest BCUT2D eigenvalue weighted by atomic mass is 31.2. The second-order valence-corrected chi connectivity index (χ2v) is 9.69. The number of hydrogen-bond acceptors (Lipinski definition) is 4. The van der Waals surface area contributed by atoms with E-state index in [1.54, 1.807) is 0 Å². The average Bonchev–Trinajstić information content (AvgIpc) is 3.07. The van der Waals surface area contributed by atoms with Gasteiger partial charge in [0.1, 0.15) is 11.5 Å². The summed E-state index contributed by atoms with van der Waals surface area (Å²) in [5.74, 6) is 1.64. The van der Waals surface area contributed by atoms with Gasteiger partial charge in [-0.2, -0.15) is 0 Å². The van der Waals surface area contributed by atoms with Gasteiger partial charge in [-0.05, 0) is 57.2 Å². The van der Waals surface area contributed by atoms with Crippen LogP contribution in [-0.4, -0.2) is 34.2 Å². The van der Waals surface area contributed by atoms with Crippen LogP contribution in [0.2, 0.25) is 0 Å². The fraction of sp³-hybridized carbons (Fsp3) is 0.700. The lowest BCUT2D eigenvalue weighted by Crippen LogP contribution is -2.37. The van der Waals surface area contributed by atoms with Crippen molar-refractivity contribution in [3.05, 3.63) is 29.7 Å². The zero-order valence-corrected chi connectivity index (χ0v) is 17.2. The summed E-state index contributed by atoms with van der Waals surface area (Å²) in [5.41, 5.74) is 5.52. The molecule has 1 fully saturated rings. The first kappa shape index (κ1) is 22.4. The largest absolute Gasteiger partial charge is 0.462 e. The molecule has 1 saturated carbocycles. The van der Waals surface area contributed by atoms with Crippen molar-refractivity contribution in [3.63, 3.8) is 0 Å². The van der Waals surface area contributed by atoms with Crippen LogP contribution in [0.1, 0.15) is 69.8 Å². The lowest BCUT2D eigenvalue weighted by Gasteiger charge is -2.24. The van der Waals surface area contributed by atoms with Crippen LogP contribution in [-0.2, 0) is 15.7 Å². The summed E-state index contributed by atoms with van der Waals surface area (Å²) in [6, 6.07) is 3.86. The van der Waals surface area contributed by atoms with E-state index in [0.29, 0.717) is 18.9 Å². The van der Waals surface area contributed by atoms with Crippen LogP contribution in [0.3, 0.4) is 0 Å². The number of rotatable bonds is 11. The Labute approximate surface area is 162 Å². The van der Waals surface area contributed by atoms with Crippen molar-refractivity contribution in [2.75, 3.05) is 12.8 Å². The number of nitrogens with two attached hydrogens (primary N) is 1. The molecule has 0 saturated heterocycles. The molecule has 1 aromatic rings. The summed E-state index contributed by atoms with van der Waals surface area (Å²) >= 11 is 0. The first-order valence-electron chi connectivity index (χ1n) is 9.94. The van der Waals surface area contributed by atoms with Crippen LogP contribution in [0, 0.1) is 0 Å². The first-order valence-corrected chi connectivity index (χ1v) is 11.7. The molecule has 0 amide bonds. The normalized spacial score (nSPS) is 18.8. The predicted octanol–water partition coefficient (Wildman–Crippen LogP) is 4.25. The van der Waals surface area contributed by atoms with E-state index < -0.39 is 13.1 Å². The maximum atomic E-state index is 11.0. The van der Waals surface area contributed by atoms with E-state index >= 15 is 0 Å². The van der Waals surface area contributed by atoms with Gasteiger partial charge in [0.15, 0.2) is 0 Å². The minimum atomic E-state index is -4.00. The summed E-state index contributed by atoms with van der Waals surface area (Å²) in [5, 5.41) is 0. The standard InChI is InChI=1S/C20H34NO5P/c1-20(21,14-16-27(22,23)24)13-12-19-11-10-18(26-19)9-5-6-15-25-17-7-3-2-4-8-17/h5,9-11,17H,2-4,6-8,12-16,21H2,1H3,(H2,22,23,24)/b9-5+. The van der Waals surface area contributed by atoms with E-state index in [1.165, 1.54) is 32.1 Å². The third-order valence-corrected chi connectivity index (χ3v) is 5.88. The molecule has 0 aliphatic heterocycles. The smallest absolute Gasteiger partial charge is 0.325 e. The summed E-state index contributed by atoms with van der Waals surface area (Å²) in [7, 11) is -4.00. The molecule has 1 aromatic heterocycles. The van der Waals surface area contributed by atoms with Crippen LogP contribution in [0.15, 0.2) is 22.6 Å². The monoisotopic (exact) mass is 399 g/mol. The van der Waals surface area contributed by atoms with Gasteiger partial charge < -0.3 is 24.7 Å². The van der Waals surface area contributed by atoms with E-state index in [2.05, 4.69) is 6.08 Å². The summed E-state index contributed by atoms with van der Waals surface area (Å²) < 4.78 is 22.7. The minimum Gasteiger partial charge on any atom is -0.462 e. The molecule has 1 unspecified atom stereocenters. The predicted molar refractivity (Wildman–Crippen MR) is 108 cm³/mol. The van der Waals surface area contributed by atoms with Crippen LogP contribution in [0.5, 0.6) is 0 Å². The SMILES string of the molecule is CC(N)(CCc1ccc(/C=C/CCOC2CCCCC2)o1)CCP(=O)(O)O. The molecule has 1 aliphatic carbocycles. The van der Waals surface area contributed by atoms with Gasteiger partial charge in [-0.25, -0.2) is 0 Å². The average molecular weight is 399 g/mol. The van der Waals surface area contributed by atoms with Crippen molar-refractivity contribution in [3.8, 4) is 0 Å². The van der Waals surface area contributed by atoms with Crippen molar-refractivity contribution >= 4 is 13.7 Å². The Balaban J connectivity index is 1.67. The van der Waals surface area contributed by atoms with Gasteiger partial charge in [0.25, 0.3) is 0 Å². The van der Waals surface area contributed by atoms with Gasteiger partial charge in [0, 0.05) is 12.0 Å². The van der Waals surface area contributed by atoms with Crippen LogP contribution < -0.4 is 5.73 Å². The van der Waals surface area contributed by atoms with E-state index in [-0.39, 0.29) is 12.6 Å². The Bertz CT molecular complexity index is 628. The second-order valence-electron chi connectivity index (χ2n) is 7.92. The van der Waals surface area contributed by atoms with Crippen molar-refractivity contribution < 1.29 is 23.5 Å². The van der Waals surface area contributed by atoms with Gasteiger partial charge in [0.05, 0.1) is 18.9 Å². The van der Waals surface area contributed by atoms with Crippen LogP contribution in [0.25, 0.3) is 6.08 Å². The van der Waals surface area contributed by atoms with E-state index in [0.717, 1.165) is 24.5 Å². The lowest BCUT2D eigenvalue weighted by molar-refractivity contribution is 0.0313. The molecular weight excluding hydrogens is 365 g/mol. The number of furan rings is 1. The van der Waals surface area contributed by atoms with Crippen molar-refractivity contribution in [2.45, 2.75) is 76.4 Å². The van der Waals surface area contributed by atoms with E-state index in [9.17, 15) is 4.57 Å². The van der Waals surface area contributed by atoms with Crippen LogP contribution in [0.4, 0.5) is 0 Å². The number of hydrogen-bond donors (Lipinski definition) is 3. The fourth-order valence-electron chi connectivity index (χ4n) is 3.29. The molecule has 2 rings (SSSR count). The first-order chi connectivity index (χ1) is 12.7. The molecule has 0 bridgehead atoms. The molecule has 0 radical (unpaired) electrons.